The van der Waals surface area contributed by atoms with E-state index in [2.05, 4.69) is 15.8 Å². The Morgan fingerprint density at radius 2 is 1.69 bits per heavy atom. The van der Waals surface area contributed by atoms with E-state index in [1.165, 1.54) is 32.1 Å². The quantitative estimate of drug-likeness (QED) is 0.661. The average Bonchev–Trinajstić information content (AvgIpc) is 2.21. The van der Waals surface area contributed by atoms with Crippen LogP contribution in [-0.2, 0) is 0 Å². The summed E-state index contributed by atoms with van der Waals surface area (Å²) in [6, 6.07) is 0.770. The molecule has 0 aromatic heterocycles. The molecule has 1 saturated carbocycles. The van der Waals surface area contributed by atoms with Gasteiger partial charge in [0.25, 0.3) is 0 Å². The molecule has 1 heterocycles. The van der Waals surface area contributed by atoms with E-state index in [9.17, 15) is 0 Å². The molecule has 3 heteroatoms. The molecule has 0 aromatic rings. The Kier molecular flexibility index (Phi) is 3.58. The zero-order chi connectivity index (χ0) is 8.93. The lowest BCUT2D eigenvalue weighted by atomic mass is 9.96. The second kappa shape index (κ2) is 4.94. The lowest BCUT2D eigenvalue weighted by Crippen LogP contribution is -2.53. The van der Waals surface area contributed by atoms with E-state index in [0.717, 1.165) is 32.2 Å². The molecule has 1 aliphatic heterocycles. The first-order valence-corrected chi connectivity index (χ1v) is 5.67. The molecule has 2 aliphatic rings. The minimum atomic E-state index is 0.770. The third-order valence-corrected chi connectivity index (χ3v) is 3.09. The maximum atomic E-state index is 3.65. The van der Waals surface area contributed by atoms with Crippen LogP contribution in [0.2, 0.25) is 0 Å². The number of nitrogens with zero attached hydrogens (tertiary/aromatic N) is 1. The van der Waals surface area contributed by atoms with Crippen LogP contribution in [0, 0.1) is 0 Å². The summed E-state index contributed by atoms with van der Waals surface area (Å²) in [5, 5.41) is 5.77. The van der Waals surface area contributed by atoms with Crippen LogP contribution in [-0.4, -0.2) is 37.2 Å². The molecule has 13 heavy (non-hydrogen) atoms. The van der Waals surface area contributed by atoms with E-state index in [1.54, 1.807) is 0 Å². The highest BCUT2D eigenvalue weighted by Crippen LogP contribution is 2.17. The van der Waals surface area contributed by atoms with Crippen molar-refractivity contribution in [3.63, 3.8) is 0 Å². The van der Waals surface area contributed by atoms with Crippen molar-refractivity contribution in [3.05, 3.63) is 0 Å². The van der Waals surface area contributed by atoms with Gasteiger partial charge in [-0.1, -0.05) is 19.3 Å². The van der Waals surface area contributed by atoms with Crippen LogP contribution in [0.1, 0.15) is 32.1 Å². The topological polar surface area (TPSA) is 27.3 Å². The van der Waals surface area contributed by atoms with Gasteiger partial charge in [0.2, 0.25) is 0 Å². The van der Waals surface area contributed by atoms with Gasteiger partial charge in [-0.2, -0.15) is 0 Å². The normalized spacial score (nSPS) is 27.7. The summed E-state index contributed by atoms with van der Waals surface area (Å²) in [5.74, 6) is 0. The first-order valence-electron chi connectivity index (χ1n) is 5.67. The fourth-order valence-electron chi connectivity index (χ4n) is 2.28. The van der Waals surface area contributed by atoms with Crippen LogP contribution in [0.25, 0.3) is 0 Å². The summed E-state index contributed by atoms with van der Waals surface area (Å²) >= 11 is 0. The molecule has 0 radical (unpaired) electrons. The first kappa shape index (κ1) is 9.44. The minimum Gasteiger partial charge on any atom is -0.314 e. The van der Waals surface area contributed by atoms with Gasteiger partial charge < -0.3 is 5.32 Å². The molecule has 2 N–H and O–H groups in total. The largest absolute Gasteiger partial charge is 0.314 e. The van der Waals surface area contributed by atoms with Crippen molar-refractivity contribution in [1.29, 1.82) is 0 Å². The Labute approximate surface area is 80.8 Å². The fourth-order valence-corrected chi connectivity index (χ4v) is 2.28. The van der Waals surface area contributed by atoms with Crippen molar-refractivity contribution in [3.8, 4) is 0 Å². The number of hydrogen-bond acceptors (Lipinski definition) is 3. The van der Waals surface area contributed by atoms with Crippen LogP contribution >= 0.6 is 0 Å². The summed E-state index contributed by atoms with van der Waals surface area (Å²) < 4.78 is 0. The highest BCUT2D eigenvalue weighted by Gasteiger charge is 2.17. The summed E-state index contributed by atoms with van der Waals surface area (Å²) in [7, 11) is 0. The van der Waals surface area contributed by atoms with Gasteiger partial charge in [-0.05, 0) is 12.8 Å². The zero-order valence-corrected chi connectivity index (χ0v) is 8.39. The fraction of sp³-hybridized carbons (Fsp3) is 1.00. The Morgan fingerprint density at radius 3 is 2.38 bits per heavy atom. The van der Waals surface area contributed by atoms with Crippen LogP contribution in [0.3, 0.4) is 0 Å². The Balaban J connectivity index is 1.69. The van der Waals surface area contributed by atoms with Gasteiger partial charge in [-0.3, -0.25) is 5.43 Å². The summed E-state index contributed by atoms with van der Waals surface area (Å²) in [6.07, 6.45) is 7.04. The molecule has 0 bridgehead atoms. The molecule has 3 nitrogen and oxygen atoms in total. The Hall–Kier alpha value is -0.120. The summed E-state index contributed by atoms with van der Waals surface area (Å²) in [4.78, 5) is 0. The molecule has 2 fully saturated rings. The van der Waals surface area contributed by atoms with Gasteiger partial charge in [-0.25, -0.2) is 5.01 Å². The Bertz CT molecular complexity index is 121. The third-order valence-electron chi connectivity index (χ3n) is 3.09. The molecule has 2 rings (SSSR count). The smallest absolute Gasteiger partial charge is 0.0256 e. The maximum absolute atomic E-state index is 3.65. The minimum absolute atomic E-state index is 0.770. The standard InChI is InChI=1S/C10H21N3/c1-2-4-10(5-3-1)12-13-8-6-11-7-9-13/h10-12H,1-9H2. The van der Waals surface area contributed by atoms with Crippen molar-refractivity contribution in [2.75, 3.05) is 26.2 Å². The van der Waals surface area contributed by atoms with Crippen molar-refractivity contribution < 1.29 is 0 Å². The third kappa shape index (κ3) is 2.93. The lowest BCUT2D eigenvalue weighted by molar-refractivity contribution is 0.122. The van der Waals surface area contributed by atoms with Gasteiger partial charge in [-0.15, -0.1) is 0 Å². The predicted molar refractivity (Wildman–Crippen MR) is 54.5 cm³/mol. The average molecular weight is 183 g/mol. The molecule has 0 amide bonds. The van der Waals surface area contributed by atoms with E-state index in [1.807, 2.05) is 0 Å². The van der Waals surface area contributed by atoms with Crippen LogP contribution in [0.4, 0.5) is 0 Å². The molecule has 0 atom stereocenters. The Morgan fingerprint density at radius 1 is 1.00 bits per heavy atom. The van der Waals surface area contributed by atoms with Gasteiger partial charge in [0.15, 0.2) is 0 Å². The first-order chi connectivity index (χ1) is 6.45. The molecule has 0 spiro atoms. The van der Waals surface area contributed by atoms with E-state index in [-0.39, 0.29) is 0 Å². The van der Waals surface area contributed by atoms with E-state index in [4.69, 9.17) is 0 Å². The molecule has 76 valence electrons. The van der Waals surface area contributed by atoms with Crippen LogP contribution < -0.4 is 10.7 Å². The molecule has 1 saturated heterocycles. The number of hydrazine groups is 1. The molecular formula is C10H21N3. The van der Waals surface area contributed by atoms with E-state index >= 15 is 0 Å². The van der Waals surface area contributed by atoms with Gasteiger partial charge in [0.05, 0.1) is 0 Å². The molecular weight excluding hydrogens is 162 g/mol. The van der Waals surface area contributed by atoms with Crippen molar-refractivity contribution in [1.82, 2.24) is 15.8 Å². The lowest BCUT2D eigenvalue weighted by Gasteiger charge is -2.33. The number of hydrogen-bond donors (Lipinski definition) is 2. The predicted octanol–water partition coefficient (Wildman–Crippen LogP) is 0.729. The van der Waals surface area contributed by atoms with E-state index < -0.39 is 0 Å². The zero-order valence-electron chi connectivity index (χ0n) is 8.39. The van der Waals surface area contributed by atoms with Crippen molar-refractivity contribution >= 4 is 0 Å². The van der Waals surface area contributed by atoms with Crippen molar-refractivity contribution in [2.24, 2.45) is 0 Å². The summed E-state index contributed by atoms with van der Waals surface area (Å²) in [5.41, 5.74) is 3.65. The van der Waals surface area contributed by atoms with Gasteiger partial charge in [0.1, 0.15) is 0 Å². The maximum Gasteiger partial charge on any atom is 0.0256 e. The molecule has 0 aromatic carbocycles. The highest BCUT2D eigenvalue weighted by molar-refractivity contribution is 4.73. The van der Waals surface area contributed by atoms with Crippen LogP contribution in [0.15, 0.2) is 0 Å². The summed E-state index contributed by atoms with van der Waals surface area (Å²) in [6.45, 7) is 4.60. The number of rotatable bonds is 2. The van der Waals surface area contributed by atoms with Crippen molar-refractivity contribution in [2.45, 2.75) is 38.1 Å². The molecule has 1 aliphatic carbocycles. The second-order valence-electron chi connectivity index (χ2n) is 4.20. The van der Waals surface area contributed by atoms with Gasteiger partial charge >= 0.3 is 0 Å². The molecule has 0 unspecified atom stereocenters. The number of nitrogens with one attached hydrogen (secondary N) is 2. The van der Waals surface area contributed by atoms with Gasteiger partial charge in [0, 0.05) is 32.2 Å². The SMILES string of the molecule is C1CCC(NN2CCNCC2)CC1. The monoisotopic (exact) mass is 183 g/mol. The highest BCUT2D eigenvalue weighted by atomic mass is 15.5. The number of piperazine rings is 1. The van der Waals surface area contributed by atoms with E-state index in [0.29, 0.717) is 0 Å². The second-order valence-corrected chi connectivity index (χ2v) is 4.20. The van der Waals surface area contributed by atoms with Crippen LogP contribution in [0.5, 0.6) is 0 Å².